The molecule has 29 heavy (non-hydrogen) atoms. The number of hydrogen-bond acceptors (Lipinski definition) is 4. The van der Waals surface area contributed by atoms with Crippen LogP contribution >= 0.6 is 0 Å². The number of rotatable bonds is 3. The molecule has 4 aromatic rings. The third-order valence-corrected chi connectivity index (χ3v) is 5.50. The third kappa shape index (κ3) is 3.40. The number of carbonyl (C=O) groups is 1. The standard InChI is InChI=1S/C22H22N6O/c1-15-10-21-23-12-18(14-28(21)26-15)22(29)27-9-5-8-17(13-27)20-11-19(24-25-20)16-6-3-2-4-7-16/h2-4,6-7,10-12,14,17H,5,8-9,13H2,1H3,(H,24,25). The molecule has 1 aromatic carbocycles. The normalized spacial score (nSPS) is 17.0. The molecule has 0 spiro atoms. The lowest BCUT2D eigenvalue weighted by molar-refractivity contribution is 0.0704. The van der Waals surface area contributed by atoms with Gasteiger partial charge in [0.05, 0.1) is 17.0 Å². The predicted octanol–water partition coefficient (Wildman–Crippen LogP) is 3.45. The highest BCUT2D eigenvalue weighted by Crippen LogP contribution is 2.29. The van der Waals surface area contributed by atoms with E-state index in [4.69, 9.17) is 0 Å². The molecule has 1 N–H and O–H groups in total. The summed E-state index contributed by atoms with van der Waals surface area (Å²) in [4.78, 5) is 19.4. The molecule has 1 aliphatic heterocycles. The second-order valence-corrected chi connectivity index (χ2v) is 7.60. The van der Waals surface area contributed by atoms with Crippen molar-refractivity contribution in [2.24, 2.45) is 0 Å². The van der Waals surface area contributed by atoms with Crippen molar-refractivity contribution in [1.29, 1.82) is 0 Å². The van der Waals surface area contributed by atoms with Gasteiger partial charge in [0.1, 0.15) is 0 Å². The maximum atomic E-state index is 13.1. The predicted molar refractivity (Wildman–Crippen MR) is 110 cm³/mol. The number of hydrogen-bond donors (Lipinski definition) is 1. The number of benzene rings is 1. The summed E-state index contributed by atoms with van der Waals surface area (Å²) in [7, 11) is 0. The highest BCUT2D eigenvalue weighted by molar-refractivity contribution is 5.94. The fraction of sp³-hybridized carbons (Fsp3) is 0.273. The van der Waals surface area contributed by atoms with E-state index in [-0.39, 0.29) is 11.8 Å². The van der Waals surface area contributed by atoms with Crippen molar-refractivity contribution in [2.75, 3.05) is 13.1 Å². The Kier molecular flexibility index (Phi) is 4.35. The molecule has 3 aromatic heterocycles. The zero-order chi connectivity index (χ0) is 19.8. The van der Waals surface area contributed by atoms with Gasteiger partial charge < -0.3 is 4.90 Å². The van der Waals surface area contributed by atoms with Crippen molar-refractivity contribution < 1.29 is 4.79 Å². The molecule has 7 heteroatoms. The highest BCUT2D eigenvalue weighted by atomic mass is 16.2. The Morgan fingerprint density at radius 2 is 2.07 bits per heavy atom. The fourth-order valence-electron chi connectivity index (χ4n) is 4.01. The van der Waals surface area contributed by atoms with E-state index < -0.39 is 0 Å². The van der Waals surface area contributed by atoms with Gasteiger partial charge in [0.15, 0.2) is 5.65 Å². The van der Waals surface area contributed by atoms with Crippen LogP contribution < -0.4 is 0 Å². The first-order chi connectivity index (χ1) is 14.2. The number of amides is 1. The van der Waals surface area contributed by atoms with Gasteiger partial charge in [-0.2, -0.15) is 10.2 Å². The van der Waals surface area contributed by atoms with Crippen LogP contribution in [-0.2, 0) is 0 Å². The van der Waals surface area contributed by atoms with E-state index in [1.807, 2.05) is 36.1 Å². The molecule has 1 amide bonds. The van der Waals surface area contributed by atoms with E-state index in [9.17, 15) is 4.79 Å². The number of piperidine rings is 1. The lowest BCUT2D eigenvalue weighted by Gasteiger charge is -2.32. The van der Waals surface area contributed by atoms with Crippen molar-refractivity contribution in [1.82, 2.24) is 29.7 Å². The van der Waals surface area contributed by atoms with Gasteiger partial charge in [0.25, 0.3) is 5.91 Å². The van der Waals surface area contributed by atoms with Gasteiger partial charge in [-0.15, -0.1) is 0 Å². The average Bonchev–Trinajstić information content (AvgIpc) is 3.39. The molecule has 1 fully saturated rings. The number of aromatic amines is 1. The molecule has 0 radical (unpaired) electrons. The number of H-pyrrole nitrogens is 1. The smallest absolute Gasteiger partial charge is 0.257 e. The van der Waals surface area contributed by atoms with Gasteiger partial charge in [-0.3, -0.25) is 9.89 Å². The summed E-state index contributed by atoms with van der Waals surface area (Å²) in [6, 6.07) is 14.1. The van der Waals surface area contributed by atoms with Gasteiger partial charge in [-0.1, -0.05) is 30.3 Å². The quantitative estimate of drug-likeness (QED) is 0.585. The Labute approximate surface area is 168 Å². The number of carbonyl (C=O) groups excluding carboxylic acids is 1. The zero-order valence-electron chi connectivity index (χ0n) is 16.2. The summed E-state index contributed by atoms with van der Waals surface area (Å²) < 4.78 is 1.67. The van der Waals surface area contributed by atoms with Gasteiger partial charge in [0, 0.05) is 48.7 Å². The number of aryl methyl sites for hydroxylation is 1. The van der Waals surface area contributed by atoms with Gasteiger partial charge in [0.2, 0.25) is 0 Å². The highest BCUT2D eigenvalue weighted by Gasteiger charge is 2.27. The molecule has 1 atom stereocenters. The molecule has 1 aliphatic rings. The van der Waals surface area contributed by atoms with E-state index in [1.54, 1.807) is 16.9 Å². The van der Waals surface area contributed by atoms with Crippen LogP contribution in [0.2, 0.25) is 0 Å². The molecular formula is C22H22N6O. The minimum Gasteiger partial charge on any atom is -0.338 e. The number of aromatic nitrogens is 5. The summed E-state index contributed by atoms with van der Waals surface area (Å²) in [5, 5.41) is 12.0. The third-order valence-electron chi connectivity index (χ3n) is 5.50. The minimum atomic E-state index is 0.0000474. The van der Waals surface area contributed by atoms with Crippen molar-refractivity contribution in [3.8, 4) is 11.3 Å². The molecule has 146 valence electrons. The summed E-state index contributed by atoms with van der Waals surface area (Å²) in [5.74, 6) is 0.251. The van der Waals surface area contributed by atoms with Gasteiger partial charge in [-0.25, -0.2) is 9.50 Å². The monoisotopic (exact) mass is 386 g/mol. The SMILES string of the molecule is Cc1cc2ncc(C(=O)N3CCCC(c4cc(-c5ccccc5)n[nH]4)C3)cn2n1. The molecular weight excluding hydrogens is 364 g/mol. The Morgan fingerprint density at radius 3 is 2.93 bits per heavy atom. The molecule has 4 heterocycles. The van der Waals surface area contributed by atoms with Crippen molar-refractivity contribution in [3.05, 3.63) is 71.8 Å². The molecule has 0 aliphatic carbocycles. The second kappa shape index (κ2) is 7.16. The topological polar surface area (TPSA) is 79.2 Å². The summed E-state index contributed by atoms with van der Waals surface area (Å²) >= 11 is 0. The molecule has 5 rings (SSSR count). The van der Waals surface area contributed by atoms with E-state index in [0.29, 0.717) is 12.1 Å². The second-order valence-electron chi connectivity index (χ2n) is 7.60. The maximum absolute atomic E-state index is 13.1. The minimum absolute atomic E-state index is 0.0000474. The van der Waals surface area contributed by atoms with Crippen molar-refractivity contribution in [3.63, 3.8) is 0 Å². The Hall–Kier alpha value is -3.48. The van der Waals surface area contributed by atoms with Crippen LogP contribution in [0.25, 0.3) is 16.9 Å². The first-order valence-corrected chi connectivity index (χ1v) is 9.89. The Morgan fingerprint density at radius 1 is 1.21 bits per heavy atom. The molecule has 1 saturated heterocycles. The summed E-state index contributed by atoms with van der Waals surface area (Å²) in [5.41, 5.74) is 5.31. The van der Waals surface area contributed by atoms with E-state index in [0.717, 1.165) is 47.7 Å². The van der Waals surface area contributed by atoms with Crippen LogP contribution in [-0.4, -0.2) is 48.7 Å². The van der Waals surface area contributed by atoms with Crippen LogP contribution in [0.15, 0.2) is 54.9 Å². The largest absolute Gasteiger partial charge is 0.338 e. The van der Waals surface area contributed by atoms with Crippen LogP contribution in [0.3, 0.4) is 0 Å². The van der Waals surface area contributed by atoms with Crippen molar-refractivity contribution in [2.45, 2.75) is 25.7 Å². The number of fused-ring (bicyclic) bond motifs is 1. The summed E-state index contributed by atoms with van der Waals surface area (Å²) in [6.07, 6.45) is 5.42. The van der Waals surface area contributed by atoms with E-state index >= 15 is 0 Å². The lowest BCUT2D eigenvalue weighted by atomic mass is 9.94. The van der Waals surface area contributed by atoms with E-state index in [1.165, 1.54) is 0 Å². The lowest BCUT2D eigenvalue weighted by Crippen LogP contribution is -2.39. The van der Waals surface area contributed by atoms with Crippen LogP contribution in [0.4, 0.5) is 0 Å². The van der Waals surface area contributed by atoms with Gasteiger partial charge in [-0.05, 0) is 25.8 Å². The van der Waals surface area contributed by atoms with Gasteiger partial charge >= 0.3 is 0 Å². The zero-order valence-corrected chi connectivity index (χ0v) is 16.2. The molecule has 0 saturated carbocycles. The molecule has 0 bridgehead atoms. The molecule has 1 unspecified atom stereocenters. The molecule has 7 nitrogen and oxygen atoms in total. The Balaban J connectivity index is 1.34. The number of likely N-dealkylation sites (tertiary alicyclic amines) is 1. The van der Waals surface area contributed by atoms with E-state index in [2.05, 4.69) is 38.5 Å². The van der Waals surface area contributed by atoms with Crippen molar-refractivity contribution >= 4 is 11.6 Å². The average molecular weight is 386 g/mol. The first kappa shape index (κ1) is 17.6. The Bertz CT molecular complexity index is 1160. The van der Waals surface area contributed by atoms with Crippen LogP contribution in [0, 0.1) is 6.92 Å². The first-order valence-electron chi connectivity index (χ1n) is 9.89. The summed E-state index contributed by atoms with van der Waals surface area (Å²) in [6.45, 7) is 3.34. The number of nitrogens with zero attached hydrogens (tertiary/aromatic N) is 5. The number of nitrogens with one attached hydrogen (secondary N) is 1. The van der Waals surface area contributed by atoms with Crippen LogP contribution in [0.1, 0.15) is 40.5 Å². The maximum Gasteiger partial charge on any atom is 0.257 e. The fourth-order valence-corrected chi connectivity index (χ4v) is 4.01. The van der Waals surface area contributed by atoms with Crippen LogP contribution in [0.5, 0.6) is 0 Å².